The minimum atomic E-state index is -0.278. The maximum Gasteiger partial charge on any atom is 0.227 e. The van der Waals surface area contributed by atoms with Gasteiger partial charge in [-0.3, -0.25) is 9.59 Å². The second kappa shape index (κ2) is 6.52. The summed E-state index contributed by atoms with van der Waals surface area (Å²) in [5.74, 6) is -0.354. The highest BCUT2D eigenvalue weighted by Crippen LogP contribution is 2.25. The Morgan fingerprint density at radius 2 is 2.30 bits per heavy atom. The van der Waals surface area contributed by atoms with Crippen LogP contribution in [0.5, 0.6) is 0 Å². The van der Waals surface area contributed by atoms with Gasteiger partial charge in [-0.25, -0.2) is 0 Å². The molecule has 108 valence electrons. The van der Waals surface area contributed by atoms with Crippen molar-refractivity contribution in [3.63, 3.8) is 0 Å². The van der Waals surface area contributed by atoms with Gasteiger partial charge in [-0.2, -0.15) is 0 Å². The summed E-state index contributed by atoms with van der Waals surface area (Å²) in [5.41, 5.74) is 1.96. The van der Waals surface area contributed by atoms with E-state index in [0.29, 0.717) is 19.7 Å². The van der Waals surface area contributed by atoms with E-state index in [2.05, 4.69) is 5.32 Å². The number of anilines is 1. The van der Waals surface area contributed by atoms with Gasteiger partial charge < -0.3 is 15.0 Å². The number of rotatable bonds is 5. The van der Waals surface area contributed by atoms with Crippen LogP contribution in [0.2, 0.25) is 0 Å². The number of methoxy groups -OCH3 is 1. The molecule has 0 aliphatic carbocycles. The summed E-state index contributed by atoms with van der Waals surface area (Å²) in [6.45, 7) is 3.39. The fourth-order valence-corrected chi connectivity index (χ4v) is 2.35. The molecule has 0 saturated carbocycles. The molecule has 1 aliphatic heterocycles. The Hall–Kier alpha value is -1.88. The molecule has 1 aliphatic rings. The van der Waals surface area contributed by atoms with Crippen LogP contribution in [0.4, 0.5) is 5.69 Å². The predicted molar refractivity (Wildman–Crippen MR) is 76.5 cm³/mol. The number of benzene rings is 1. The first-order chi connectivity index (χ1) is 9.61. The largest absolute Gasteiger partial charge is 0.383 e. The number of hydrogen-bond acceptors (Lipinski definition) is 3. The van der Waals surface area contributed by atoms with Crippen molar-refractivity contribution in [3.8, 4) is 0 Å². The average molecular weight is 276 g/mol. The molecule has 1 saturated heterocycles. The zero-order chi connectivity index (χ0) is 14.5. The number of nitrogens with one attached hydrogen (secondary N) is 1. The zero-order valence-electron chi connectivity index (χ0n) is 11.9. The number of carbonyl (C=O) groups is 2. The molecule has 2 amide bonds. The normalized spacial score (nSPS) is 18.4. The number of aryl methyl sites for hydroxylation is 1. The number of ether oxygens (including phenoxy) is 1. The molecular formula is C15H20N2O3. The minimum absolute atomic E-state index is 0.00231. The van der Waals surface area contributed by atoms with Crippen molar-refractivity contribution in [2.45, 2.75) is 13.3 Å². The van der Waals surface area contributed by atoms with E-state index in [0.717, 1.165) is 11.3 Å². The van der Waals surface area contributed by atoms with Crippen LogP contribution >= 0.6 is 0 Å². The Labute approximate surface area is 118 Å². The molecule has 20 heavy (non-hydrogen) atoms. The van der Waals surface area contributed by atoms with E-state index < -0.39 is 0 Å². The Morgan fingerprint density at radius 1 is 1.50 bits per heavy atom. The van der Waals surface area contributed by atoms with Gasteiger partial charge in [-0.15, -0.1) is 0 Å². The van der Waals surface area contributed by atoms with Crippen molar-refractivity contribution in [1.82, 2.24) is 5.32 Å². The van der Waals surface area contributed by atoms with Gasteiger partial charge in [0.2, 0.25) is 11.8 Å². The van der Waals surface area contributed by atoms with E-state index in [4.69, 9.17) is 4.74 Å². The summed E-state index contributed by atoms with van der Waals surface area (Å²) in [5, 5.41) is 2.79. The SMILES string of the molecule is COCCNC(=O)C1CC(=O)N(c2cccc(C)c2)C1. The monoisotopic (exact) mass is 276 g/mol. The zero-order valence-corrected chi connectivity index (χ0v) is 11.9. The van der Waals surface area contributed by atoms with Crippen molar-refractivity contribution >= 4 is 17.5 Å². The van der Waals surface area contributed by atoms with Crippen LogP contribution in [0.3, 0.4) is 0 Å². The molecule has 1 fully saturated rings. The molecule has 1 unspecified atom stereocenters. The van der Waals surface area contributed by atoms with E-state index >= 15 is 0 Å². The molecule has 0 radical (unpaired) electrons. The van der Waals surface area contributed by atoms with Gasteiger partial charge in [0.15, 0.2) is 0 Å². The van der Waals surface area contributed by atoms with Crippen LogP contribution in [0.1, 0.15) is 12.0 Å². The molecule has 5 heteroatoms. The van der Waals surface area contributed by atoms with Crippen molar-refractivity contribution < 1.29 is 14.3 Å². The lowest BCUT2D eigenvalue weighted by Crippen LogP contribution is -2.34. The predicted octanol–water partition coefficient (Wildman–Crippen LogP) is 1.11. The third-order valence-corrected chi connectivity index (χ3v) is 3.41. The highest BCUT2D eigenvalue weighted by Gasteiger charge is 2.34. The van der Waals surface area contributed by atoms with Gasteiger partial charge in [-0.05, 0) is 24.6 Å². The summed E-state index contributed by atoms with van der Waals surface area (Å²) in [4.78, 5) is 25.7. The highest BCUT2D eigenvalue weighted by molar-refractivity contribution is 6.00. The molecule has 1 atom stereocenters. The molecular weight excluding hydrogens is 256 g/mol. The lowest BCUT2D eigenvalue weighted by Gasteiger charge is -2.17. The Morgan fingerprint density at radius 3 is 3.00 bits per heavy atom. The summed E-state index contributed by atoms with van der Waals surface area (Å²) in [6, 6.07) is 7.77. The van der Waals surface area contributed by atoms with Crippen LogP contribution in [0.15, 0.2) is 24.3 Å². The minimum Gasteiger partial charge on any atom is -0.383 e. The van der Waals surface area contributed by atoms with Crippen molar-refractivity contribution in [3.05, 3.63) is 29.8 Å². The number of nitrogens with zero attached hydrogens (tertiary/aromatic N) is 1. The molecule has 1 N–H and O–H groups in total. The first kappa shape index (κ1) is 14.5. The third-order valence-electron chi connectivity index (χ3n) is 3.41. The van der Waals surface area contributed by atoms with Crippen molar-refractivity contribution in [1.29, 1.82) is 0 Å². The van der Waals surface area contributed by atoms with Crippen LogP contribution < -0.4 is 10.2 Å². The standard InChI is InChI=1S/C15H20N2O3/c1-11-4-3-5-13(8-11)17-10-12(9-14(17)18)15(19)16-6-7-20-2/h3-5,8,12H,6-7,9-10H2,1-2H3,(H,16,19). The van der Waals surface area contributed by atoms with Crippen LogP contribution in [0.25, 0.3) is 0 Å². The second-order valence-electron chi connectivity index (χ2n) is 5.03. The van der Waals surface area contributed by atoms with E-state index in [1.165, 1.54) is 0 Å². The quantitative estimate of drug-likeness (QED) is 0.820. The van der Waals surface area contributed by atoms with Crippen LogP contribution in [-0.4, -0.2) is 38.6 Å². The smallest absolute Gasteiger partial charge is 0.227 e. The highest BCUT2D eigenvalue weighted by atomic mass is 16.5. The molecule has 2 rings (SSSR count). The average Bonchev–Trinajstić information content (AvgIpc) is 2.81. The number of hydrogen-bond donors (Lipinski definition) is 1. The maximum atomic E-state index is 12.1. The maximum absolute atomic E-state index is 12.1. The first-order valence-electron chi connectivity index (χ1n) is 6.75. The van der Waals surface area contributed by atoms with Crippen molar-refractivity contribution in [2.24, 2.45) is 5.92 Å². The summed E-state index contributed by atoms with van der Waals surface area (Å²) in [7, 11) is 1.59. The first-order valence-corrected chi connectivity index (χ1v) is 6.75. The molecule has 1 aromatic carbocycles. The Bertz CT molecular complexity index is 502. The van der Waals surface area contributed by atoms with Crippen LogP contribution in [-0.2, 0) is 14.3 Å². The lowest BCUT2D eigenvalue weighted by atomic mass is 10.1. The van der Waals surface area contributed by atoms with E-state index in [1.54, 1.807) is 12.0 Å². The van der Waals surface area contributed by atoms with Crippen molar-refractivity contribution in [2.75, 3.05) is 31.7 Å². The summed E-state index contributed by atoms with van der Waals surface area (Å²) >= 11 is 0. The molecule has 0 bridgehead atoms. The Kier molecular flexibility index (Phi) is 4.74. The van der Waals surface area contributed by atoms with Gasteiger partial charge in [0.05, 0.1) is 12.5 Å². The van der Waals surface area contributed by atoms with Gasteiger partial charge >= 0.3 is 0 Å². The fourth-order valence-electron chi connectivity index (χ4n) is 2.35. The lowest BCUT2D eigenvalue weighted by molar-refractivity contribution is -0.126. The van der Waals surface area contributed by atoms with Gasteiger partial charge in [-0.1, -0.05) is 12.1 Å². The molecule has 0 aromatic heterocycles. The fraction of sp³-hybridized carbons (Fsp3) is 0.467. The topological polar surface area (TPSA) is 58.6 Å². The second-order valence-corrected chi connectivity index (χ2v) is 5.03. The summed E-state index contributed by atoms with van der Waals surface area (Å²) in [6.07, 6.45) is 0.271. The van der Waals surface area contributed by atoms with Crippen LogP contribution in [0, 0.1) is 12.8 Å². The van der Waals surface area contributed by atoms with Gasteiger partial charge in [0.25, 0.3) is 0 Å². The summed E-state index contributed by atoms with van der Waals surface area (Å²) < 4.78 is 4.89. The van der Waals surface area contributed by atoms with Gasteiger partial charge in [0.1, 0.15) is 0 Å². The third kappa shape index (κ3) is 3.36. The Balaban J connectivity index is 1.98. The number of amides is 2. The molecule has 0 spiro atoms. The molecule has 5 nitrogen and oxygen atoms in total. The molecule has 1 aromatic rings. The number of carbonyl (C=O) groups excluding carboxylic acids is 2. The molecule has 1 heterocycles. The van der Waals surface area contributed by atoms with Gasteiger partial charge in [0, 0.05) is 32.3 Å². The van der Waals surface area contributed by atoms with E-state index in [-0.39, 0.29) is 24.2 Å². The van der Waals surface area contributed by atoms with E-state index in [1.807, 2.05) is 31.2 Å². The van der Waals surface area contributed by atoms with E-state index in [9.17, 15) is 9.59 Å².